The smallest absolute Gasteiger partial charge is 0.138 e. The van der Waals surface area contributed by atoms with Crippen LogP contribution in [0.1, 0.15) is 6.93 Å². The highest BCUT2D eigenvalue weighted by Gasteiger charge is 2.05. The first kappa shape index (κ1) is 23.0. The number of halogens is 5. The average Bonchev–Trinajstić information content (AvgIpc) is 2.60. The van der Waals surface area contributed by atoms with E-state index in [1.807, 2.05) is 18.2 Å². The lowest BCUT2D eigenvalue weighted by atomic mass is 10.1. The van der Waals surface area contributed by atoms with Gasteiger partial charge in [0.25, 0.3) is 0 Å². The first-order chi connectivity index (χ1) is 12.8. The largest absolute Gasteiger partial charge is 0.506 e. The Bertz CT molecular complexity index is 746. The summed E-state index contributed by atoms with van der Waals surface area (Å²) in [7, 11) is -1.00. The van der Waals surface area contributed by atoms with Gasteiger partial charge in [-0.25, -0.2) is 0 Å². The van der Waals surface area contributed by atoms with Crippen LogP contribution >= 0.6 is 55.1 Å². The van der Waals surface area contributed by atoms with Crippen molar-refractivity contribution in [1.82, 2.24) is 0 Å². The minimum Gasteiger partial charge on any atom is -0.506 e. The van der Waals surface area contributed by atoms with Crippen LogP contribution in [0.2, 0.25) is 10.0 Å². The Balaban J connectivity index is 0.000000438. The summed E-state index contributed by atoms with van der Waals surface area (Å²) in [5.74, 6) is 0.819. The van der Waals surface area contributed by atoms with Crippen LogP contribution in [0.3, 0.4) is 0 Å². The molecule has 0 aliphatic heterocycles. The van der Waals surface area contributed by atoms with Gasteiger partial charge in [0.15, 0.2) is 0 Å². The Morgan fingerprint density at radius 3 is 2.31 bits per heavy atom. The molecule has 2 aromatic rings. The van der Waals surface area contributed by atoms with E-state index >= 15 is 0 Å². The molecular weight excluding hydrogens is 510 g/mol. The van der Waals surface area contributed by atoms with E-state index in [-0.39, 0.29) is 5.75 Å². The summed E-state index contributed by atoms with van der Waals surface area (Å²) in [6.07, 6.45) is 4.02. The molecule has 2 aromatic carbocycles. The van der Waals surface area contributed by atoms with Gasteiger partial charge >= 0.3 is 0 Å². The van der Waals surface area contributed by atoms with Crippen LogP contribution in [0.4, 0.5) is 4.39 Å². The maximum atomic E-state index is 9.96. The first-order valence-corrected chi connectivity index (χ1v) is 9.46. The van der Waals surface area contributed by atoms with Crippen molar-refractivity contribution in [2.24, 2.45) is 0 Å². The lowest BCUT2D eigenvalue weighted by molar-refractivity contribution is 0.363. The third-order valence-corrected chi connectivity index (χ3v) is 4.26. The number of phenolic OH excluding ortho intramolecular Hbond substituents is 1. The standard InChI is InChI=1S/2C9H8BrClO.CH3F/c1-2-5-12-9-4-3-7(10)6-8(9)11;1-2-3-6-4-7(10)5-8(11)9(6)12;1-2/h2-4,6H,1,5H2;2,4-5,12H,1,3H2;1H3/i;;1D. The zero-order valence-corrected chi connectivity index (χ0v) is 18.5. The van der Waals surface area contributed by atoms with Crippen LogP contribution in [-0.4, -0.2) is 18.9 Å². The van der Waals surface area contributed by atoms with Crippen LogP contribution in [0.5, 0.6) is 11.5 Å². The highest BCUT2D eigenvalue weighted by atomic mass is 79.9. The van der Waals surface area contributed by atoms with Crippen LogP contribution in [-0.2, 0) is 6.42 Å². The lowest BCUT2D eigenvalue weighted by Gasteiger charge is -2.04. The molecule has 0 spiro atoms. The molecule has 0 fully saturated rings. The topological polar surface area (TPSA) is 29.5 Å². The van der Waals surface area contributed by atoms with Gasteiger partial charge in [-0.05, 0) is 36.8 Å². The van der Waals surface area contributed by atoms with Gasteiger partial charge in [-0.1, -0.05) is 73.8 Å². The van der Waals surface area contributed by atoms with Crippen molar-refractivity contribution in [3.05, 3.63) is 80.2 Å². The van der Waals surface area contributed by atoms with Gasteiger partial charge in [0.05, 0.1) is 18.6 Å². The fourth-order valence-electron chi connectivity index (χ4n) is 1.67. The molecule has 0 unspecified atom stereocenters. The quantitative estimate of drug-likeness (QED) is 0.400. The highest BCUT2D eigenvalue weighted by Crippen LogP contribution is 2.31. The summed E-state index contributed by atoms with van der Waals surface area (Å²) < 4.78 is 22.6. The maximum Gasteiger partial charge on any atom is 0.138 e. The number of hydrogen-bond donors (Lipinski definition) is 1. The molecule has 7 heteroatoms. The average molecular weight is 530 g/mol. The van der Waals surface area contributed by atoms with E-state index in [0.717, 1.165) is 14.5 Å². The molecule has 0 saturated heterocycles. The first-order valence-electron chi connectivity index (χ1n) is 7.83. The van der Waals surface area contributed by atoms with E-state index in [9.17, 15) is 9.50 Å². The van der Waals surface area contributed by atoms with Crippen LogP contribution < -0.4 is 4.74 Å². The maximum absolute atomic E-state index is 9.96. The minimum atomic E-state index is -1.00. The van der Waals surface area contributed by atoms with E-state index in [4.69, 9.17) is 29.3 Å². The summed E-state index contributed by atoms with van der Waals surface area (Å²) in [6.45, 7) is 7.61. The van der Waals surface area contributed by atoms with Crippen molar-refractivity contribution in [2.75, 3.05) is 13.8 Å². The molecule has 0 radical (unpaired) electrons. The van der Waals surface area contributed by atoms with Gasteiger partial charge in [-0.15, -0.1) is 6.58 Å². The third kappa shape index (κ3) is 9.08. The molecule has 0 heterocycles. The number of alkyl halides is 1. The number of hydrogen-bond acceptors (Lipinski definition) is 2. The third-order valence-electron chi connectivity index (χ3n) is 2.72. The number of phenols is 1. The predicted octanol–water partition coefficient (Wildman–Crippen LogP) is 7.79. The Labute approximate surface area is 181 Å². The van der Waals surface area contributed by atoms with Gasteiger partial charge in [-0.3, -0.25) is 4.39 Å². The molecule has 1 N–H and O–H groups in total. The Kier molecular flexibility index (Phi) is 12.5. The SMILES string of the molecule is C=CCOc1ccc(Br)cc1Cl.C=CCc1cc(Br)cc(Cl)c1O.[2H]CF. The number of benzene rings is 2. The van der Waals surface area contributed by atoms with Crippen molar-refractivity contribution in [3.63, 3.8) is 0 Å². The second kappa shape index (κ2) is 14.1. The minimum absolute atomic E-state index is 0.139. The zero-order valence-electron chi connectivity index (χ0n) is 14.8. The molecule has 2 nitrogen and oxygen atoms in total. The molecule has 0 atom stereocenters. The molecule has 26 heavy (non-hydrogen) atoms. The Hall–Kier alpha value is -1.01. The molecule has 0 aliphatic rings. The van der Waals surface area contributed by atoms with Crippen LogP contribution in [0.25, 0.3) is 0 Å². The normalized spacial score (nSPS) is 9.65. The van der Waals surface area contributed by atoms with Crippen LogP contribution in [0.15, 0.2) is 64.6 Å². The van der Waals surface area contributed by atoms with Gasteiger partial charge in [0, 0.05) is 14.5 Å². The Morgan fingerprint density at radius 2 is 1.77 bits per heavy atom. The van der Waals surface area contributed by atoms with Crippen LogP contribution in [0, 0.1) is 0 Å². The number of allylic oxidation sites excluding steroid dienone is 1. The molecule has 2 rings (SSSR count). The summed E-state index contributed by atoms with van der Waals surface area (Å²) in [6, 6.07) is 8.96. The molecule has 142 valence electrons. The molecule has 0 bridgehead atoms. The van der Waals surface area contributed by atoms with Crippen molar-refractivity contribution in [3.8, 4) is 11.5 Å². The van der Waals surface area contributed by atoms with E-state index in [1.165, 1.54) is 0 Å². The molecule has 0 aliphatic carbocycles. The van der Waals surface area contributed by atoms with Gasteiger partial charge in [-0.2, -0.15) is 0 Å². The van der Waals surface area contributed by atoms with E-state index in [2.05, 4.69) is 45.0 Å². The van der Waals surface area contributed by atoms with E-state index < -0.39 is 7.15 Å². The van der Waals surface area contributed by atoms with Gasteiger partial charge in [0.1, 0.15) is 18.1 Å². The predicted molar refractivity (Wildman–Crippen MR) is 117 cm³/mol. The summed E-state index contributed by atoms with van der Waals surface area (Å²) >= 11 is 18.2. The molecule has 0 aromatic heterocycles. The number of rotatable bonds is 5. The summed E-state index contributed by atoms with van der Waals surface area (Å²) in [5, 5.41) is 10.4. The summed E-state index contributed by atoms with van der Waals surface area (Å²) in [5.41, 5.74) is 0.782. The fourth-order valence-corrected chi connectivity index (χ4v) is 3.28. The van der Waals surface area contributed by atoms with Crippen molar-refractivity contribution in [1.29, 1.82) is 0 Å². The number of ether oxygens (including phenoxy) is 1. The lowest BCUT2D eigenvalue weighted by Crippen LogP contribution is -1.92. The van der Waals surface area contributed by atoms with Crippen molar-refractivity contribution < 1.29 is 15.6 Å². The van der Waals surface area contributed by atoms with Gasteiger partial charge in [0.2, 0.25) is 0 Å². The monoisotopic (exact) mass is 527 g/mol. The molecular formula is C19H19Br2Cl2FO2. The zero-order chi connectivity index (χ0) is 20.8. The van der Waals surface area contributed by atoms with Gasteiger partial charge < -0.3 is 9.84 Å². The van der Waals surface area contributed by atoms with E-state index in [1.54, 1.807) is 24.3 Å². The Morgan fingerprint density at radius 1 is 1.15 bits per heavy atom. The second-order valence-corrected chi connectivity index (χ2v) is 7.21. The van der Waals surface area contributed by atoms with E-state index in [0.29, 0.717) is 28.8 Å². The highest BCUT2D eigenvalue weighted by molar-refractivity contribution is 9.10. The fraction of sp³-hybridized carbons (Fsp3) is 0.158. The summed E-state index contributed by atoms with van der Waals surface area (Å²) in [4.78, 5) is 0. The number of aromatic hydroxyl groups is 1. The van der Waals surface area contributed by atoms with Crippen molar-refractivity contribution in [2.45, 2.75) is 6.42 Å². The van der Waals surface area contributed by atoms with Crippen molar-refractivity contribution >= 4 is 55.1 Å². The molecule has 0 amide bonds. The second-order valence-electron chi connectivity index (χ2n) is 4.56. The molecule has 0 saturated carbocycles.